The summed E-state index contributed by atoms with van der Waals surface area (Å²) in [6, 6.07) is -0.170. The van der Waals surface area contributed by atoms with Gasteiger partial charge in [0.25, 0.3) is 0 Å². The first-order chi connectivity index (χ1) is 8.33. The fourth-order valence-corrected chi connectivity index (χ4v) is 1.53. The number of carbonyl (C=O) groups is 1. The van der Waals surface area contributed by atoms with Crippen molar-refractivity contribution in [3.8, 4) is 11.6 Å². The van der Waals surface area contributed by atoms with Gasteiger partial charge in [-0.15, -0.1) is 0 Å². The van der Waals surface area contributed by atoms with E-state index in [2.05, 4.69) is 36.0 Å². The third kappa shape index (κ3) is 1.87. The normalized spacial score (nSPS) is 20.2. The SMILES string of the molecule is O=C1CNC(c2nc(-c3ncn[nH]3)no2)CN1. The van der Waals surface area contributed by atoms with Crippen molar-refractivity contribution in [2.75, 3.05) is 13.1 Å². The van der Waals surface area contributed by atoms with Crippen LogP contribution in [0.5, 0.6) is 0 Å². The lowest BCUT2D eigenvalue weighted by Gasteiger charge is -2.20. The van der Waals surface area contributed by atoms with Crippen LogP contribution in [0.2, 0.25) is 0 Å². The molecule has 9 nitrogen and oxygen atoms in total. The standard InChI is InChI=1S/C8H9N7O2/c16-5-2-9-4(1-10-5)8-13-7(15-17-8)6-11-3-12-14-6/h3-4,9H,1-2H2,(H,10,16)(H,11,12,14). The molecule has 1 aliphatic heterocycles. The fourth-order valence-electron chi connectivity index (χ4n) is 1.53. The lowest BCUT2D eigenvalue weighted by Crippen LogP contribution is -2.47. The maximum atomic E-state index is 11.0. The van der Waals surface area contributed by atoms with Gasteiger partial charge in [0.1, 0.15) is 12.4 Å². The van der Waals surface area contributed by atoms with Crippen LogP contribution >= 0.6 is 0 Å². The van der Waals surface area contributed by atoms with Gasteiger partial charge in [-0.2, -0.15) is 10.1 Å². The molecule has 1 aliphatic rings. The Balaban J connectivity index is 1.79. The minimum absolute atomic E-state index is 0.0452. The van der Waals surface area contributed by atoms with Gasteiger partial charge in [-0.1, -0.05) is 5.16 Å². The maximum absolute atomic E-state index is 11.0. The van der Waals surface area contributed by atoms with Crippen LogP contribution < -0.4 is 10.6 Å². The van der Waals surface area contributed by atoms with Gasteiger partial charge in [0.15, 0.2) is 5.82 Å². The van der Waals surface area contributed by atoms with Crippen LogP contribution in [0.3, 0.4) is 0 Å². The number of aromatic amines is 1. The molecule has 1 fully saturated rings. The van der Waals surface area contributed by atoms with E-state index >= 15 is 0 Å². The summed E-state index contributed by atoms with van der Waals surface area (Å²) in [7, 11) is 0. The Bertz CT molecular complexity index is 510. The van der Waals surface area contributed by atoms with Crippen molar-refractivity contribution in [1.29, 1.82) is 0 Å². The number of aromatic nitrogens is 5. The monoisotopic (exact) mass is 235 g/mol. The van der Waals surface area contributed by atoms with Crippen molar-refractivity contribution in [3.05, 3.63) is 12.2 Å². The van der Waals surface area contributed by atoms with E-state index < -0.39 is 0 Å². The van der Waals surface area contributed by atoms with Gasteiger partial charge in [0.05, 0.1) is 6.54 Å². The predicted octanol–water partition coefficient (Wildman–Crippen LogP) is -1.38. The van der Waals surface area contributed by atoms with Crippen LogP contribution in [-0.4, -0.2) is 44.3 Å². The van der Waals surface area contributed by atoms with Crippen molar-refractivity contribution in [3.63, 3.8) is 0 Å². The highest BCUT2D eigenvalue weighted by atomic mass is 16.5. The van der Waals surface area contributed by atoms with E-state index in [1.54, 1.807) is 0 Å². The predicted molar refractivity (Wildman–Crippen MR) is 53.4 cm³/mol. The Kier molecular flexibility index (Phi) is 2.29. The molecule has 1 atom stereocenters. The first-order valence-electron chi connectivity index (χ1n) is 5.02. The van der Waals surface area contributed by atoms with Crippen LogP contribution in [-0.2, 0) is 4.79 Å². The van der Waals surface area contributed by atoms with Crippen LogP contribution in [0, 0.1) is 0 Å². The molecule has 1 saturated heterocycles. The van der Waals surface area contributed by atoms with E-state index in [1.165, 1.54) is 6.33 Å². The molecule has 3 heterocycles. The van der Waals surface area contributed by atoms with Gasteiger partial charge < -0.3 is 9.84 Å². The van der Waals surface area contributed by atoms with Gasteiger partial charge in [-0.3, -0.25) is 15.2 Å². The van der Waals surface area contributed by atoms with Gasteiger partial charge >= 0.3 is 0 Å². The quantitative estimate of drug-likeness (QED) is 0.586. The molecule has 17 heavy (non-hydrogen) atoms. The second-order valence-electron chi connectivity index (χ2n) is 3.53. The Morgan fingerprint density at radius 2 is 2.41 bits per heavy atom. The number of rotatable bonds is 2. The van der Waals surface area contributed by atoms with Crippen molar-refractivity contribution in [2.24, 2.45) is 0 Å². The third-order valence-corrected chi connectivity index (χ3v) is 2.38. The molecule has 0 saturated carbocycles. The van der Waals surface area contributed by atoms with Gasteiger partial charge in [-0.25, -0.2) is 4.98 Å². The minimum Gasteiger partial charge on any atom is -0.353 e. The second-order valence-corrected chi connectivity index (χ2v) is 3.53. The third-order valence-electron chi connectivity index (χ3n) is 2.38. The smallest absolute Gasteiger partial charge is 0.246 e. The molecule has 9 heteroatoms. The van der Waals surface area contributed by atoms with E-state index in [0.29, 0.717) is 24.1 Å². The molecule has 0 bridgehead atoms. The summed E-state index contributed by atoms with van der Waals surface area (Å²) in [6.07, 6.45) is 1.37. The molecule has 0 aromatic carbocycles. The number of carbonyl (C=O) groups excluding carboxylic acids is 1. The Morgan fingerprint density at radius 3 is 3.12 bits per heavy atom. The number of amides is 1. The van der Waals surface area contributed by atoms with Crippen LogP contribution in [0.25, 0.3) is 11.6 Å². The van der Waals surface area contributed by atoms with Crippen molar-refractivity contribution in [1.82, 2.24) is 36.0 Å². The highest BCUT2D eigenvalue weighted by Gasteiger charge is 2.24. The van der Waals surface area contributed by atoms with E-state index in [-0.39, 0.29) is 18.5 Å². The first kappa shape index (κ1) is 9.90. The first-order valence-corrected chi connectivity index (χ1v) is 5.02. The van der Waals surface area contributed by atoms with Gasteiger partial charge in [0.2, 0.25) is 17.6 Å². The summed E-state index contributed by atoms with van der Waals surface area (Å²) in [6.45, 7) is 0.668. The number of H-pyrrole nitrogens is 1. The number of nitrogens with one attached hydrogen (secondary N) is 3. The topological polar surface area (TPSA) is 122 Å². The number of hydrogen-bond acceptors (Lipinski definition) is 7. The van der Waals surface area contributed by atoms with Gasteiger partial charge in [0, 0.05) is 6.54 Å². The fraction of sp³-hybridized carbons (Fsp3) is 0.375. The zero-order valence-electron chi connectivity index (χ0n) is 8.67. The number of piperazine rings is 1. The van der Waals surface area contributed by atoms with Crippen LogP contribution in [0.15, 0.2) is 10.9 Å². The van der Waals surface area contributed by atoms with E-state index in [1.807, 2.05) is 0 Å². The zero-order chi connectivity index (χ0) is 11.7. The lowest BCUT2D eigenvalue weighted by atomic mass is 10.2. The molecule has 88 valence electrons. The van der Waals surface area contributed by atoms with Crippen LogP contribution in [0.4, 0.5) is 0 Å². The molecule has 0 aliphatic carbocycles. The summed E-state index contributed by atoms with van der Waals surface area (Å²) in [4.78, 5) is 19.1. The van der Waals surface area contributed by atoms with E-state index in [9.17, 15) is 4.79 Å². The van der Waals surface area contributed by atoms with Crippen molar-refractivity contribution < 1.29 is 9.32 Å². The summed E-state index contributed by atoms with van der Waals surface area (Å²) >= 11 is 0. The molecule has 2 aromatic rings. The average molecular weight is 235 g/mol. The Hall–Kier alpha value is -2.29. The van der Waals surface area contributed by atoms with Crippen molar-refractivity contribution >= 4 is 5.91 Å². The molecular weight excluding hydrogens is 226 g/mol. The van der Waals surface area contributed by atoms with Crippen LogP contribution in [0.1, 0.15) is 11.9 Å². The molecule has 0 radical (unpaired) electrons. The summed E-state index contributed by atoms with van der Waals surface area (Å²) < 4.78 is 5.10. The number of nitrogens with zero attached hydrogens (tertiary/aromatic N) is 4. The molecule has 2 aromatic heterocycles. The maximum Gasteiger partial charge on any atom is 0.246 e. The lowest BCUT2D eigenvalue weighted by molar-refractivity contribution is -0.121. The van der Waals surface area contributed by atoms with Crippen molar-refractivity contribution in [2.45, 2.75) is 6.04 Å². The zero-order valence-corrected chi connectivity index (χ0v) is 8.67. The highest BCUT2D eigenvalue weighted by Crippen LogP contribution is 2.15. The number of hydrogen-bond donors (Lipinski definition) is 3. The molecule has 1 unspecified atom stereocenters. The largest absolute Gasteiger partial charge is 0.353 e. The Morgan fingerprint density at radius 1 is 1.47 bits per heavy atom. The van der Waals surface area contributed by atoms with E-state index in [0.717, 1.165) is 0 Å². The molecule has 3 rings (SSSR count). The second kappa shape index (κ2) is 3.94. The highest BCUT2D eigenvalue weighted by molar-refractivity contribution is 5.78. The molecular formula is C8H9N7O2. The van der Waals surface area contributed by atoms with E-state index in [4.69, 9.17) is 4.52 Å². The molecule has 0 spiro atoms. The summed E-state index contributed by atoms with van der Waals surface area (Å²) in [5, 5.41) is 15.8. The molecule has 3 N–H and O–H groups in total. The molecule has 1 amide bonds. The summed E-state index contributed by atoms with van der Waals surface area (Å²) in [5.74, 6) is 1.16. The Labute approximate surface area is 95.0 Å². The minimum atomic E-state index is -0.170. The average Bonchev–Trinajstić information content (AvgIpc) is 3.00. The summed E-state index contributed by atoms with van der Waals surface area (Å²) in [5.41, 5.74) is 0. The van der Waals surface area contributed by atoms with Gasteiger partial charge in [-0.05, 0) is 0 Å².